The molecule has 0 aliphatic carbocycles. The van der Waals surface area contributed by atoms with E-state index in [1.54, 1.807) is 13.8 Å². The van der Waals surface area contributed by atoms with Crippen molar-refractivity contribution in [2.45, 2.75) is 71.6 Å². The Kier molecular flexibility index (Phi) is 8.83. The third-order valence-electron chi connectivity index (χ3n) is 4.34. The van der Waals surface area contributed by atoms with Crippen molar-refractivity contribution in [3.8, 4) is 11.5 Å². The second-order valence-corrected chi connectivity index (χ2v) is 6.70. The molecule has 0 spiro atoms. The molecule has 0 aromatic heterocycles. The number of aromatic hydroxyl groups is 2. The molecule has 5 heteroatoms. The van der Waals surface area contributed by atoms with E-state index in [9.17, 15) is 19.8 Å². The van der Waals surface area contributed by atoms with Crippen LogP contribution in [-0.2, 0) is 11.2 Å². The number of halogens is 1. The van der Waals surface area contributed by atoms with E-state index in [1.165, 1.54) is 0 Å². The molecule has 0 amide bonds. The Balaban J connectivity index is 2.39. The highest BCUT2D eigenvalue weighted by Gasteiger charge is 2.19. The third kappa shape index (κ3) is 5.82. The first kappa shape index (κ1) is 20.5. The number of carbonyl (C=O) groups is 2. The number of rotatable bonds is 11. The molecule has 0 unspecified atom stereocenters. The van der Waals surface area contributed by atoms with E-state index >= 15 is 0 Å². The Labute approximate surface area is 148 Å². The topological polar surface area (TPSA) is 74.6 Å². The largest absolute Gasteiger partial charge is 0.507 e. The van der Waals surface area contributed by atoms with Crippen LogP contribution in [0.2, 0.25) is 5.02 Å². The van der Waals surface area contributed by atoms with E-state index in [0.29, 0.717) is 30.3 Å². The molecule has 4 nitrogen and oxygen atoms in total. The second-order valence-electron chi connectivity index (χ2n) is 6.32. The number of aldehydes is 1. The number of carbonyl (C=O) groups excluding carboxylic acids is 2. The number of phenols is 2. The number of ketones is 1. The van der Waals surface area contributed by atoms with Crippen LogP contribution in [0.1, 0.15) is 79.8 Å². The van der Waals surface area contributed by atoms with Gasteiger partial charge in [0.1, 0.15) is 17.3 Å². The van der Waals surface area contributed by atoms with Gasteiger partial charge in [-0.2, -0.15) is 0 Å². The molecule has 0 heterocycles. The van der Waals surface area contributed by atoms with E-state index in [4.69, 9.17) is 11.6 Å². The van der Waals surface area contributed by atoms with Gasteiger partial charge in [-0.1, -0.05) is 43.7 Å². The maximum absolute atomic E-state index is 11.1. The van der Waals surface area contributed by atoms with Crippen LogP contribution in [0.3, 0.4) is 0 Å². The van der Waals surface area contributed by atoms with Crippen LogP contribution in [-0.4, -0.2) is 22.3 Å². The Morgan fingerprint density at radius 3 is 2.08 bits per heavy atom. The molecule has 0 fully saturated rings. The highest BCUT2D eigenvalue weighted by Crippen LogP contribution is 2.40. The van der Waals surface area contributed by atoms with Crippen molar-refractivity contribution in [1.29, 1.82) is 0 Å². The lowest BCUT2D eigenvalue weighted by atomic mass is 9.97. The number of hydrogen-bond donors (Lipinski definition) is 2. The van der Waals surface area contributed by atoms with Crippen LogP contribution in [0.4, 0.5) is 0 Å². The van der Waals surface area contributed by atoms with Gasteiger partial charge in [0.25, 0.3) is 0 Å². The van der Waals surface area contributed by atoms with E-state index in [0.717, 1.165) is 44.9 Å². The lowest BCUT2D eigenvalue weighted by Gasteiger charge is -2.13. The first-order valence-electron chi connectivity index (χ1n) is 8.57. The summed E-state index contributed by atoms with van der Waals surface area (Å²) >= 11 is 6.03. The van der Waals surface area contributed by atoms with Gasteiger partial charge in [-0.05, 0) is 38.7 Å². The lowest BCUT2D eigenvalue weighted by molar-refractivity contribution is -0.117. The molecule has 0 atom stereocenters. The molecule has 0 saturated heterocycles. The zero-order chi connectivity index (χ0) is 18.1. The van der Waals surface area contributed by atoms with Gasteiger partial charge in [0.15, 0.2) is 6.29 Å². The Bertz CT molecular complexity index is 581. The second kappa shape index (κ2) is 10.3. The molecule has 0 bridgehead atoms. The summed E-state index contributed by atoms with van der Waals surface area (Å²) in [7, 11) is 0. The Hall–Kier alpha value is -1.55. The molecule has 0 radical (unpaired) electrons. The van der Waals surface area contributed by atoms with Crippen molar-refractivity contribution in [1.82, 2.24) is 0 Å². The molecule has 1 aromatic carbocycles. The average Bonchev–Trinajstić information content (AvgIpc) is 2.54. The van der Waals surface area contributed by atoms with Gasteiger partial charge in [-0.15, -0.1) is 0 Å². The van der Waals surface area contributed by atoms with Gasteiger partial charge < -0.3 is 15.0 Å². The van der Waals surface area contributed by atoms with Crippen molar-refractivity contribution in [2.24, 2.45) is 0 Å². The summed E-state index contributed by atoms with van der Waals surface area (Å²) in [5.74, 6) is -0.0313. The van der Waals surface area contributed by atoms with E-state index in [-0.39, 0.29) is 27.9 Å². The van der Waals surface area contributed by atoms with Crippen molar-refractivity contribution in [2.75, 3.05) is 0 Å². The molecular weight excluding hydrogens is 328 g/mol. The molecule has 0 saturated carbocycles. The zero-order valence-corrected chi connectivity index (χ0v) is 15.3. The predicted molar refractivity (Wildman–Crippen MR) is 96.2 cm³/mol. The highest BCUT2D eigenvalue weighted by molar-refractivity contribution is 6.33. The normalized spacial score (nSPS) is 10.8. The minimum Gasteiger partial charge on any atom is -0.507 e. The van der Waals surface area contributed by atoms with Crippen molar-refractivity contribution < 1.29 is 19.8 Å². The Morgan fingerprint density at radius 2 is 1.54 bits per heavy atom. The fourth-order valence-electron chi connectivity index (χ4n) is 2.82. The number of hydrogen-bond acceptors (Lipinski definition) is 4. The predicted octanol–water partition coefficient (Wildman–Crippen LogP) is 5.12. The summed E-state index contributed by atoms with van der Waals surface area (Å²) in [6.45, 7) is 3.22. The van der Waals surface area contributed by atoms with Crippen LogP contribution in [0, 0.1) is 6.92 Å². The molecular formula is C19H27ClO4. The van der Waals surface area contributed by atoms with Crippen LogP contribution < -0.4 is 0 Å². The van der Waals surface area contributed by atoms with Gasteiger partial charge in [0.05, 0.1) is 10.6 Å². The van der Waals surface area contributed by atoms with Crippen LogP contribution in [0.15, 0.2) is 0 Å². The van der Waals surface area contributed by atoms with Crippen molar-refractivity contribution >= 4 is 23.7 Å². The van der Waals surface area contributed by atoms with Crippen LogP contribution in [0.5, 0.6) is 11.5 Å². The fraction of sp³-hybridized carbons (Fsp3) is 0.579. The molecule has 2 N–H and O–H groups in total. The number of unbranched alkanes of at least 4 members (excludes halogenated alkanes) is 6. The molecule has 1 aromatic rings. The Morgan fingerprint density at radius 1 is 1.00 bits per heavy atom. The summed E-state index contributed by atoms with van der Waals surface area (Å²) in [5.41, 5.74) is 0.906. The number of benzene rings is 1. The molecule has 0 aliphatic rings. The van der Waals surface area contributed by atoms with E-state index in [1.807, 2.05) is 0 Å². The summed E-state index contributed by atoms with van der Waals surface area (Å²) in [5, 5.41) is 20.4. The van der Waals surface area contributed by atoms with Gasteiger partial charge in [0.2, 0.25) is 0 Å². The molecule has 0 aliphatic heterocycles. The number of phenolic OH excluding ortho intramolecular Hbond substituents is 2. The van der Waals surface area contributed by atoms with Gasteiger partial charge in [0, 0.05) is 12.0 Å². The maximum atomic E-state index is 11.1. The lowest BCUT2D eigenvalue weighted by Crippen LogP contribution is -1.97. The van der Waals surface area contributed by atoms with Crippen molar-refractivity contribution in [3.05, 3.63) is 21.7 Å². The minimum absolute atomic E-state index is 0.124. The van der Waals surface area contributed by atoms with Crippen molar-refractivity contribution in [3.63, 3.8) is 0 Å². The zero-order valence-electron chi connectivity index (χ0n) is 14.5. The minimum atomic E-state index is -0.159. The van der Waals surface area contributed by atoms with Gasteiger partial charge in [-0.3, -0.25) is 4.79 Å². The van der Waals surface area contributed by atoms with Gasteiger partial charge in [-0.25, -0.2) is 0 Å². The highest BCUT2D eigenvalue weighted by atomic mass is 35.5. The first-order valence-corrected chi connectivity index (χ1v) is 8.95. The molecule has 24 heavy (non-hydrogen) atoms. The summed E-state index contributed by atoms with van der Waals surface area (Å²) in [6.07, 6.45) is 8.88. The smallest absolute Gasteiger partial charge is 0.154 e. The van der Waals surface area contributed by atoms with Crippen LogP contribution in [0.25, 0.3) is 0 Å². The number of Topliss-reactive ketones (excluding diaryl/α,β-unsaturated/α-hetero) is 1. The maximum Gasteiger partial charge on any atom is 0.154 e. The van der Waals surface area contributed by atoms with E-state index < -0.39 is 0 Å². The summed E-state index contributed by atoms with van der Waals surface area (Å²) in [6, 6.07) is 0. The third-order valence-corrected chi connectivity index (χ3v) is 4.80. The first-order chi connectivity index (χ1) is 11.4. The average molecular weight is 355 g/mol. The quantitative estimate of drug-likeness (QED) is 0.427. The molecule has 1 rings (SSSR count). The van der Waals surface area contributed by atoms with Gasteiger partial charge >= 0.3 is 0 Å². The molecule has 134 valence electrons. The fourth-order valence-corrected chi connectivity index (χ4v) is 3.04. The monoisotopic (exact) mass is 354 g/mol. The standard InChI is InChI=1S/C19H27ClO4/c1-13(22)10-8-6-4-3-5-7-9-11-15-18(23)16(12-21)14(2)17(20)19(15)24/h12,23-24H,3-11H2,1-2H3. The summed E-state index contributed by atoms with van der Waals surface area (Å²) in [4.78, 5) is 21.9. The summed E-state index contributed by atoms with van der Waals surface area (Å²) < 4.78 is 0. The SMILES string of the molecule is CC(=O)CCCCCCCCCc1c(O)c(Cl)c(C)c(C=O)c1O. The van der Waals surface area contributed by atoms with E-state index in [2.05, 4.69) is 0 Å². The van der Waals surface area contributed by atoms with Crippen LogP contribution >= 0.6 is 11.6 Å².